The zero-order valence-corrected chi connectivity index (χ0v) is 15.9. The van der Waals surface area contributed by atoms with E-state index in [-0.39, 0.29) is 12.0 Å². The molecule has 1 aromatic heterocycles. The monoisotopic (exact) mass is 390 g/mol. The molecule has 148 valence electrons. The van der Waals surface area contributed by atoms with E-state index in [1.54, 1.807) is 36.5 Å². The number of anilines is 2. The normalized spacial score (nSPS) is 15.7. The molecular weight excluding hydrogens is 368 g/mol. The predicted molar refractivity (Wildman–Crippen MR) is 110 cm³/mol. The Balaban J connectivity index is 1.34. The van der Waals surface area contributed by atoms with Crippen molar-refractivity contribution in [3.8, 4) is 11.5 Å². The third-order valence-electron chi connectivity index (χ3n) is 4.49. The van der Waals surface area contributed by atoms with Crippen LogP contribution in [-0.2, 0) is 4.74 Å². The van der Waals surface area contributed by atoms with E-state index in [2.05, 4.69) is 20.6 Å². The van der Waals surface area contributed by atoms with Gasteiger partial charge in [0.1, 0.15) is 17.2 Å². The van der Waals surface area contributed by atoms with Crippen LogP contribution in [0.15, 0.2) is 66.9 Å². The molecule has 1 amide bonds. The van der Waals surface area contributed by atoms with Gasteiger partial charge >= 0.3 is 0 Å². The van der Waals surface area contributed by atoms with Gasteiger partial charge in [-0.1, -0.05) is 18.2 Å². The standard InChI is InChI=1S/C22H22N4O3/c27-21(20-12-13-23-22(26-20)24-15-19-7-4-14-28-19)25-16-8-10-18(11-9-16)29-17-5-2-1-3-6-17/h1-3,5-6,8-13,19H,4,7,14-15H2,(H,25,27)(H,23,24,26). The van der Waals surface area contributed by atoms with Gasteiger partial charge in [0.05, 0.1) is 6.10 Å². The van der Waals surface area contributed by atoms with Crippen LogP contribution >= 0.6 is 0 Å². The van der Waals surface area contributed by atoms with Crippen molar-refractivity contribution in [2.45, 2.75) is 18.9 Å². The first-order chi connectivity index (χ1) is 14.3. The van der Waals surface area contributed by atoms with Crippen LogP contribution in [0.1, 0.15) is 23.3 Å². The second-order valence-corrected chi connectivity index (χ2v) is 6.68. The summed E-state index contributed by atoms with van der Waals surface area (Å²) in [5.41, 5.74) is 0.947. The van der Waals surface area contributed by atoms with E-state index >= 15 is 0 Å². The summed E-state index contributed by atoms with van der Waals surface area (Å²) in [4.78, 5) is 21.0. The predicted octanol–water partition coefficient (Wildman–Crippen LogP) is 4.11. The Morgan fingerprint density at radius 3 is 2.62 bits per heavy atom. The molecule has 4 rings (SSSR count). The van der Waals surface area contributed by atoms with Gasteiger partial charge in [-0.2, -0.15) is 0 Å². The van der Waals surface area contributed by atoms with Crippen molar-refractivity contribution in [2.24, 2.45) is 0 Å². The van der Waals surface area contributed by atoms with Gasteiger partial charge in [-0.3, -0.25) is 4.79 Å². The van der Waals surface area contributed by atoms with Gasteiger partial charge in [0.25, 0.3) is 5.91 Å². The fourth-order valence-corrected chi connectivity index (χ4v) is 3.01. The third-order valence-corrected chi connectivity index (χ3v) is 4.49. The van der Waals surface area contributed by atoms with Crippen LogP contribution < -0.4 is 15.4 Å². The highest BCUT2D eigenvalue weighted by Gasteiger charge is 2.16. The summed E-state index contributed by atoms with van der Waals surface area (Å²) >= 11 is 0. The molecule has 0 radical (unpaired) electrons. The minimum Gasteiger partial charge on any atom is -0.457 e. The van der Waals surface area contributed by atoms with Crippen LogP contribution in [0.5, 0.6) is 11.5 Å². The van der Waals surface area contributed by atoms with E-state index in [0.717, 1.165) is 25.2 Å². The van der Waals surface area contributed by atoms with Crippen LogP contribution in [-0.4, -0.2) is 35.1 Å². The number of carbonyl (C=O) groups excluding carboxylic acids is 1. The van der Waals surface area contributed by atoms with Gasteiger partial charge < -0.3 is 20.1 Å². The molecule has 1 atom stereocenters. The van der Waals surface area contributed by atoms with Crippen LogP contribution in [0.2, 0.25) is 0 Å². The molecule has 1 fully saturated rings. The smallest absolute Gasteiger partial charge is 0.274 e. The zero-order chi connectivity index (χ0) is 19.9. The lowest BCUT2D eigenvalue weighted by molar-refractivity contribution is 0.102. The largest absolute Gasteiger partial charge is 0.457 e. The molecule has 2 N–H and O–H groups in total. The van der Waals surface area contributed by atoms with Gasteiger partial charge in [-0.15, -0.1) is 0 Å². The van der Waals surface area contributed by atoms with Crippen LogP contribution in [0.3, 0.4) is 0 Å². The Bertz CT molecular complexity index is 942. The zero-order valence-electron chi connectivity index (χ0n) is 15.9. The molecule has 1 aliphatic rings. The average Bonchev–Trinajstić information content (AvgIpc) is 3.28. The van der Waals surface area contributed by atoms with Crippen molar-refractivity contribution in [3.05, 3.63) is 72.6 Å². The molecule has 29 heavy (non-hydrogen) atoms. The molecule has 7 nitrogen and oxygen atoms in total. The van der Waals surface area contributed by atoms with Crippen molar-refractivity contribution in [3.63, 3.8) is 0 Å². The number of hydrogen-bond donors (Lipinski definition) is 2. The van der Waals surface area contributed by atoms with Crippen molar-refractivity contribution in [2.75, 3.05) is 23.8 Å². The van der Waals surface area contributed by atoms with Gasteiger partial charge in [-0.05, 0) is 55.3 Å². The highest BCUT2D eigenvalue weighted by Crippen LogP contribution is 2.22. The lowest BCUT2D eigenvalue weighted by Gasteiger charge is -2.11. The number of nitrogens with zero attached hydrogens (tertiary/aromatic N) is 2. The number of aromatic nitrogens is 2. The van der Waals surface area contributed by atoms with Crippen LogP contribution in [0, 0.1) is 0 Å². The maximum atomic E-state index is 12.5. The van der Waals surface area contributed by atoms with E-state index in [9.17, 15) is 4.79 Å². The van der Waals surface area contributed by atoms with Gasteiger partial charge in [-0.25, -0.2) is 9.97 Å². The van der Waals surface area contributed by atoms with Gasteiger partial charge in [0, 0.05) is 25.0 Å². The number of ether oxygens (including phenoxy) is 2. The summed E-state index contributed by atoms with van der Waals surface area (Å²) in [5.74, 6) is 1.56. The number of hydrogen-bond acceptors (Lipinski definition) is 6. The van der Waals surface area contributed by atoms with Crippen molar-refractivity contribution in [1.29, 1.82) is 0 Å². The number of benzene rings is 2. The molecule has 1 saturated heterocycles. The maximum Gasteiger partial charge on any atom is 0.274 e. The Morgan fingerprint density at radius 2 is 1.86 bits per heavy atom. The number of carbonyl (C=O) groups is 1. The second kappa shape index (κ2) is 9.16. The molecule has 0 saturated carbocycles. The molecule has 2 heterocycles. The fourth-order valence-electron chi connectivity index (χ4n) is 3.01. The average molecular weight is 390 g/mol. The Labute approximate surface area is 169 Å². The summed E-state index contributed by atoms with van der Waals surface area (Å²) in [6.07, 6.45) is 3.84. The van der Waals surface area contributed by atoms with E-state index < -0.39 is 0 Å². The minimum atomic E-state index is -0.302. The maximum absolute atomic E-state index is 12.5. The van der Waals surface area contributed by atoms with Crippen molar-refractivity contribution >= 4 is 17.5 Å². The minimum absolute atomic E-state index is 0.174. The van der Waals surface area contributed by atoms with Gasteiger partial charge in [0.2, 0.25) is 5.95 Å². The third kappa shape index (κ3) is 5.30. The lowest BCUT2D eigenvalue weighted by Crippen LogP contribution is -2.21. The van der Waals surface area contributed by atoms with Crippen molar-refractivity contribution < 1.29 is 14.3 Å². The lowest BCUT2D eigenvalue weighted by atomic mass is 10.2. The Hall–Kier alpha value is -3.45. The molecule has 2 aromatic carbocycles. The van der Waals surface area contributed by atoms with Crippen molar-refractivity contribution in [1.82, 2.24) is 9.97 Å². The Kier molecular flexibility index (Phi) is 5.97. The van der Waals surface area contributed by atoms with Crippen LogP contribution in [0.4, 0.5) is 11.6 Å². The number of amides is 1. The quantitative estimate of drug-likeness (QED) is 0.631. The molecule has 1 aliphatic heterocycles. The molecule has 0 aliphatic carbocycles. The number of para-hydroxylation sites is 1. The molecule has 7 heteroatoms. The Morgan fingerprint density at radius 1 is 1.07 bits per heavy atom. The first-order valence-electron chi connectivity index (χ1n) is 9.59. The number of nitrogens with one attached hydrogen (secondary N) is 2. The highest BCUT2D eigenvalue weighted by molar-refractivity contribution is 6.02. The van der Waals surface area contributed by atoms with E-state index in [1.165, 1.54) is 0 Å². The first-order valence-corrected chi connectivity index (χ1v) is 9.59. The molecule has 0 spiro atoms. The van der Waals surface area contributed by atoms with Gasteiger partial charge in [0.15, 0.2) is 0 Å². The SMILES string of the molecule is O=C(Nc1ccc(Oc2ccccc2)cc1)c1ccnc(NCC2CCCO2)n1. The highest BCUT2D eigenvalue weighted by atomic mass is 16.5. The van der Waals surface area contributed by atoms with E-state index in [4.69, 9.17) is 9.47 Å². The summed E-state index contributed by atoms with van der Waals surface area (Å²) in [5, 5.41) is 5.97. The van der Waals surface area contributed by atoms with E-state index in [1.807, 2.05) is 30.3 Å². The van der Waals surface area contributed by atoms with Crippen LogP contribution in [0.25, 0.3) is 0 Å². The molecular formula is C22H22N4O3. The summed E-state index contributed by atoms with van der Waals surface area (Å²) < 4.78 is 11.3. The second-order valence-electron chi connectivity index (χ2n) is 6.68. The summed E-state index contributed by atoms with van der Waals surface area (Å²) in [6, 6.07) is 18.3. The summed E-state index contributed by atoms with van der Waals surface area (Å²) in [7, 11) is 0. The number of rotatable bonds is 7. The van der Waals surface area contributed by atoms with E-state index in [0.29, 0.717) is 29.6 Å². The summed E-state index contributed by atoms with van der Waals surface area (Å²) in [6.45, 7) is 1.43. The topological polar surface area (TPSA) is 85.4 Å². The fraction of sp³-hybridized carbons (Fsp3) is 0.227. The first kappa shape index (κ1) is 18.9. The molecule has 1 unspecified atom stereocenters. The molecule has 3 aromatic rings. The molecule has 0 bridgehead atoms.